The van der Waals surface area contributed by atoms with Crippen molar-refractivity contribution in [3.8, 4) is 0 Å². The first kappa shape index (κ1) is 24.1. The smallest absolute Gasteiger partial charge is 0.407 e. The van der Waals surface area contributed by atoms with Gasteiger partial charge in [-0.1, -0.05) is 48.5 Å². The van der Waals surface area contributed by atoms with Crippen LogP contribution in [0.15, 0.2) is 60.7 Å². The molecule has 176 valence electrons. The summed E-state index contributed by atoms with van der Waals surface area (Å²) < 4.78 is 5.28. The number of rotatable bonds is 4. The number of amides is 3. The summed E-state index contributed by atoms with van der Waals surface area (Å²) >= 11 is 0. The lowest BCUT2D eigenvalue weighted by atomic mass is 9.98. The third-order valence-electron chi connectivity index (χ3n) is 5.25. The zero-order chi connectivity index (χ0) is 23.8. The molecule has 0 spiro atoms. The second-order valence-electron chi connectivity index (χ2n) is 9.01. The van der Waals surface area contributed by atoms with Crippen LogP contribution >= 0.6 is 0 Å². The number of benzene rings is 2. The lowest BCUT2D eigenvalue weighted by Gasteiger charge is -2.35. The van der Waals surface area contributed by atoms with Gasteiger partial charge in [0.05, 0.1) is 11.1 Å². The van der Waals surface area contributed by atoms with Gasteiger partial charge in [0.15, 0.2) is 0 Å². The van der Waals surface area contributed by atoms with Crippen LogP contribution in [0.4, 0.5) is 15.3 Å². The Labute approximate surface area is 194 Å². The predicted molar refractivity (Wildman–Crippen MR) is 124 cm³/mol. The number of nitrogens with one attached hydrogen (secondary N) is 1. The van der Waals surface area contributed by atoms with Crippen molar-refractivity contribution in [2.45, 2.75) is 46.3 Å². The minimum absolute atomic E-state index is 0.0976. The molecule has 0 bridgehead atoms. The molecule has 0 unspecified atom stereocenters. The third kappa shape index (κ3) is 6.97. The summed E-state index contributed by atoms with van der Waals surface area (Å²) in [6.45, 7) is 6.23. The normalized spacial score (nSPS) is 14.3. The molecule has 1 saturated heterocycles. The number of piperidine rings is 1. The highest BCUT2D eigenvalue weighted by Crippen LogP contribution is 2.23. The molecule has 1 aliphatic rings. The molecule has 2 aromatic rings. The Bertz CT molecular complexity index is 936. The van der Waals surface area contributed by atoms with Gasteiger partial charge in [0.25, 0.3) is 0 Å². The van der Waals surface area contributed by atoms with Crippen molar-refractivity contribution in [1.82, 2.24) is 10.2 Å². The number of likely N-dealkylation sites (tertiary alicyclic amines) is 1. The van der Waals surface area contributed by atoms with Crippen LogP contribution < -0.4 is 10.4 Å². The first-order valence-corrected chi connectivity index (χ1v) is 11.1. The van der Waals surface area contributed by atoms with E-state index in [1.807, 2.05) is 36.4 Å². The van der Waals surface area contributed by atoms with Crippen molar-refractivity contribution >= 4 is 23.8 Å². The van der Waals surface area contributed by atoms with E-state index < -0.39 is 23.5 Å². The Morgan fingerprint density at radius 2 is 1.55 bits per heavy atom. The van der Waals surface area contributed by atoms with E-state index >= 15 is 0 Å². The molecule has 0 radical (unpaired) electrons. The van der Waals surface area contributed by atoms with E-state index in [-0.39, 0.29) is 12.6 Å². The fourth-order valence-electron chi connectivity index (χ4n) is 3.26. The fraction of sp³-hybridized carbons (Fsp3) is 0.400. The van der Waals surface area contributed by atoms with Crippen LogP contribution in [0, 0.1) is 5.41 Å². The number of hydrogen-bond donors (Lipinski definition) is 1. The van der Waals surface area contributed by atoms with Crippen molar-refractivity contribution in [2.24, 2.45) is 5.41 Å². The van der Waals surface area contributed by atoms with Crippen molar-refractivity contribution in [1.29, 1.82) is 0 Å². The summed E-state index contributed by atoms with van der Waals surface area (Å²) in [5, 5.41) is 3.91. The minimum Gasteiger partial charge on any atom is -0.445 e. The average Bonchev–Trinajstić information content (AvgIpc) is 2.82. The van der Waals surface area contributed by atoms with Gasteiger partial charge in [-0.2, -0.15) is 0 Å². The van der Waals surface area contributed by atoms with Crippen molar-refractivity contribution in [3.63, 3.8) is 0 Å². The Balaban J connectivity index is 1.54. The van der Waals surface area contributed by atoms with E-state index in [1.54, 1.807) is 49.9 Å². The van der Waals surface area contributed by atoms with Gasteiger partial charge in [0.2, 0.25) is 0 Å². The number of urea groups is 1. The van der Waals surface area contributed by atoms with Crippen LogP contribution in [0.3, 0.4) is 0 Å². The Hall–Kier alpha value is -3.55. The maximum Gasteiger partial charge on any atom is 0.407 e. The number of nitrogens with zero attached hydrogens (tertiary/aromatic N) is 2. The van der Waals surface area contributed by atoms with E-state index in [2.05, 4.69) is 5.32 Å². The summed E-state index contributed by atoms with van der Waals surface area (Å²) in [6, 6.07) is 17.8. The molecular formula is C25H31N3O5. The molecule has 3 amide bonds. The Kier molecular flexibility index (Phi) is 7.92. The van der Waals surface area contributed by atoms with Gasteiger partial charge in [-0.05, 0) is 51.3 Å². The minimum atomic E-state index is -0.760. The molecule has 33 heavy (non-hydrogen) atoms. The van der Waals surface area contributed by atoms with E-state index in [0.29, 0.717) is 31.6 Å². The molecule has 0 aliphatic carbocycles. The maximum absolute atomic E-state index is 13.2. The number of para-hydroxylation sites is 1. The second kappa shape index (κ2) is 10.8. The number of alkyl carbamates (subject to hydrolysis) is 1. The molecule has 8 heteroatoms. The van der Waals surface area contributed by atoms with Gasteiger partial charge in [-0.3, -0.25) is 0 Å². The molecule has 1 fully saturated rings. The number of carbonyl (C=O) groups excluding carboxylic acids is 3. The zero-order valence-corrected chi connectivity index (χ0v) is 19.3. The number of ether oxygens (including phenoxy) is 1. The largest absolute Gasteiger partial charge is 0.445 e. The van der Waals surface area contributed by atoms with Gasteiger partial charge < -0.3 is 19.8 Å². The molecule has 8 nitrogen and oxygen atoms in total. The standard InChI is InChI=1S/C25H31N3O5/c1-25(2,3)22(29)33-28(21-12-8-5-9-13-21)24(31)27-16-14-20(15-17-27)26-23(30)32-18-19-10-6-4-7-11-19/h4-13,20H,14-18H2,1-3H3,(H,26,30). The Morgan fingerprint density at radius 3 is 2.12 bits per heavy atom. The number of hydroxylamine groups is 1. The number of carbonyl (C=O) groups is 3. The average molecular weight is 454 g/mol. The van der Waals surface area contributed by atoms with Crippen LogP contribution in [-0.4, -0.2) is 42.1 Å². The van der Waals surface area contributed by atoms with Crippen LogP contribution in [0.5, 0.6) is 0 Å². The highest BCUT2D eigenvalue weighted by Gasteiger charge is 2.33. The summed E-state index contributed by atoms with van der Waals surface area (Å²) in [4.78, 5) is 44.9. The van der Waals surface area contributed by atoms with Gasteiger partial charge in [-0.15, -0.1) is 5.06 Å². The first-order chi connectivity index (χ1) is 15.7. The van der Waals surface area contributed by atoms with Gasteiger partial charge in [0.1, 0.15) is 6.61 Å². The van der Waals surface area contributed by atoms with Crippen molar-refractivity contribution in [2.75, 3.05) is 18.2 Å². The topological polar surface area (TPSA) is 88.2 Å². The van der Waals surface area contributed by atoms with Crippen molar-refractivity contribution in [3.05, 3.63) is 66.2 Å². The number of anilines is 1. The molecule has 0 aromatic heterocycles. The molecule has 0 saturated carbocycles. The Morgan fingerprint density at radius 1 is 0.970 bits per heavy atom. The van der Waals surface area contributed by atoms with Gasteiger partial charge >= 0.3 is 18.1 Å². The molecule has 3 rings (SSSR count). The maximum atomic E-state index is 13.2. The van der Waals surface area contributed by atoms with E-state index in [4.69, 9.17) is 9.57 Å². The van der Waals surface area contributed by atoms with Crippen molar-refractivity contribution < 1.29 is 24.0 Å². The molecule has 1 heterocycles. The highest BCUT2D eigenvalue weighted by atomic mass is 16.7. The van der Waals surface area contributed by atoms with Crippen LogP contribution in [0.25, 0.3) is 0 Å². The third-order valence-corrected chi connectivity index (χ3v) is 5.25. The van der Waals surface area contributed by atoms with Crippen LogP contribution in [0.1, 0.15) is 39.2 Å². The number of hydrogen-bond acceptors (Lipinski definition) is 5. The van der Waals surface area contributed by atoms with E-state index in [9.17, 15) is 14.4 Å². The highest BCUT2D eigenvalue weighted by molar-refractivity contribution is 5.92. The molecular weight excluding hydrogens is 422 g/mol. The van der Waals surface area contributed by atoms with Gasteiger partial charge in [-0.25, -0.2) is 14.4 Å². The first-order valence-electron chi connectivity index (χ1n) is 11.1. The lowest BCUT2D eigenvalue weighted by molar-refractivity contribution is -0.153. The summed E-state index contributed by atoms with van der Waals surface area (Å²) in [6.07, 6.45) is 0.665. The lowest BCUT2D eigenvalue weighted by Crippen LogP contribution is -2.51. The molecule has 0 atom stereocenters. The fourth-order valence-corrected chi connectivity index (χ4v) is 3.26. The van der Waals surface area contributed by atoms with E-state index in [1.165, 1.54) is 0 Å². The van der Waals surface area contributed by atoms with Gasteiger partial charge in [0, 0.05) is 19.1 Å². The van der Waals surface area contributed by atoms with E-state index in [0.717, 1.165) is 10.6 Å². The molecule has 2 aromatic carbocycles. The summed E-state index contributed by atoms with van der Waals surface area (Å²) in [7, 11) is 0. The predicted octanol–water partition coefficient (Wildman–Crippen LogP) is 4.51. The monoisotopic (exact) mass is 453 g/mol. The van der Waals surface area contributed by atoms with Crippen LogP contribution in [-0.2, 0) is 21.0 Å². The molecule has 1 N–H and O–H groups in total. The SMILES string of the molecule is CC(C)(C)C(=O)ON(C(=O)N1CCC(NC(=O)OCc2ccccc2)CC1)c1ccccc1. The quantitative estimate of drug-likeness (QED) is 0.689. The summed E-state index contributed by atoms with van der Waals surface area (Å²) in [5.74, 6) is -0.502. The second-order valence-corrected chi connectivity index (χ2v) is 9.01. The zero-order valence-electron chi connectivity index (χ0n) is 19.3. The summed E-state index contributed by atoms with van der Waals surface area (Å²) in [5.41, 5.74) is 0.633. The van der Waals surface area contributed by atoms with Crippen LogP contribution in [0.2, 0.25) is 0 Å². The molecule has 1 aliphatic heterocycles.